The predicted octanol–water partition coefficient (Wildman–Crippen LogP) is 2.01. The Bertz CT molecular complexity index is 608. The van der Waals surface area contributed by atoms with Gasteiger partial charge >= 0.3 is 0 Å². The maximum absolute atomic E-state index is 5.83. The standard InChI is InChI=1S/C14H21N5OS/c1-4-13-16-14(18-17-13)11-7-19(5-6-20-11)8-12-9(2)15-10(3)21-12/h11H,4-8H2,1-3H3,(H,16,17,18)/t11-/m1/s1. The average molecular weight is 307 g/mol. The molecule has 3 rings (SSSR count). The van der Waals surface area contributed by atoms with Gasteiger partial charge in [0.15, 0.2) is 5.82 Å². The van der Waals surface area contributed by atoms with E-state index in [1.807, 2.05) is 0 Å². The van der Waals surface area contributed by atoms with E-state index in [9.17, 15) is 0 Å². The zero-order valence-corrected chi connectivity index (χ0v) is 13.5. The zero-order chi connectivity index (χ0) is 14.8. The highest BCUT2D eigenvalue weighted by Gasteiger charge is 2.26. The average Bonchev–Trinajstić information content (AvgIpc) is 3.06. The van der Waals surface area contributed by atoms with Crippen LogP contribution in [-0.2, 0) is 17.7 Å². The molecule has 114 valence electrons. The Morgan fingerprint density at radius 2 is 2.24 bits per heavy atom. The number of aryl methyl sites for hydroxylation is 3. The van der Waals surface area contributed by atoms with Gasteiger partial charge in [-0.2, -0.15) is 5.10 Å². The molecule has 0 bridgehead atoms. The number of aromatic amines is 1. The van der Waals surface area contributed by atoms with Crippen LogP contribution in [0.25, 0.3) is 0 Å². The smallest absolute Gasteiger partial charge is 0.180 e. The van der Waals surface area contributed by atoms with Gasteiger partial charge in [-0.25, -0.2) is 9.97 Å². The van der Waals surface area contributed by atoms with Crippen LogP contribution >= 0.6 is 11.3 Å². The van der Waals surface area contributed by atoms with Gasteiger partial charge in [-0.3, -0.25) is 10.00 Å². The third-order valence-corrected chi connectivity index (χ3v) is 4.75. The van der Waals surface area contributed by atoms with Crippen LogP contribution in [0.5, 0.6) is 0 Å². The third kappa shape index (κ3) is 3.30. The van der Waals surface area contributed by atoms with E-state index in [0.717, 1.165) is 55.0 Å². The van der Waals surface area contributed by atoms with Gasteiger partial charge in [0.05, 0.1) is 17.3 Å². The van der Waals surface area contributed by atoms with Gasteiger partial charge < -0.3 is 4.74 Å². The number of hydrogen-bond acceptors (Lipinski definition) is 6. The van der Waals surface area contributed by atoms with E-state index in [4.69, 9.17) is 4.74 Å². The summed E-state index contributed by atoms with van der Waals surface area (Å²) in [5.74, 6) is 1.69. The number of H-pyrrole nitrogens is 1. The van der Waals surface area contributed by atoms with Crippen molar-refractivity contribution < 1.29 is 4.74 Å². The minimum Gasteiger partial charge on any atom is -0.367 e. The van der Waals surface area contributed by atoms with E-state index in [1.54, 1.807) is 11.3 Å². The maximum atomic E-state index is 5.83. The molecular formula is C14H21N5OS. The fourth-order valence-corrected chi connectivity index (χ4v) is 3.52. The van der Waals surface area contributed by atoms with Crippen LogP contribution in [0, 0.1) is 13.8 Å². The monoisotopic (exact) mass is 307 g/mol. The van der Waals surface area contributed by atoms with Crippen LogP contribution in [-0.4, -0.2) is 44.8 Å². The van der Waals surface area contributed by atoms with Crippen LogP contribution in [0.4, 0.5) is 0 Å². The molecule has 0 saturated carbocycles. The number of thiazole rings is 1. The molecule has 0 radical (unpaired) electrons. The first-order chi connectivity index (χ1) is 10.2. The maximum Gasteiger partial charge on any atom is 0.180 e. The van der Waals surface area contributed by atoms with Crippen LogP contribution < -0.4 is 0 Å². The lowest BCUT2D eigenvalue weighted by molar-refractivity contribution is -0.0368. The molecule has 1 N–H and O–H groups in total. The number of nitrogens with zero attached hydrogens (tertiary/aromatic N) is 4. The lowest BCUT2D eigenvalue weighted by atomic mass is 10.2. The van der Waals surface area contributed by atoms with Crippen molar-refractivity contribution in [2.75, 3.05) is 19.7 Å². The van der Waals surface area contributed by atoms with Crippen LogP contribution in [0.3, 0.4) is 0 Å². The Balaban J connectivity index is 1.66. The number of morpholine rings is 1. The van der Waals surface area contributed by atoms with Crippen molar-refractivity contribution in [3.63, 3.8) is 0 Å². The van der Waals surface area contributed by atoms with E-state index in [2.05, 4.69) is 45.8 Å². The molecule has 0 aromatic carbocycles. The van der Waals surface area contributed by atoms with Crippen molar-refractivity contribution in [1.82, 2.24) is 25.1 Å². The molecule has 1 atom stereocenters. The highest BCUT2D eigenvalue weighted by atomic mass is 32.1. The Kier molecular flexibility index (Phi) is 4.32. The minimum absolute atomic E-state index is 0.0374. The summed E-state index contributed by atoms with van der Waals surface area (Å²) in [4.78, 5) is 12.7. The van der Waals surface area contributed by atoms with Gasteiger partial charge in [0.1, 0.15) is 11.9 Å². The van der Waals surface area contributed by atoms with Gasteiger partial charge in [-0.15, -0.1) is 11.3 Å². The van der Waals surface area contributed by atoms with Crippen LogP contribution in [0.1, 0.15) is 40.3 Å². The van der Waals surface area contributed by atoms with E-state index < -0.39 is 0 Å². The fourth-order valence-electron chi connectivity index (χ4n) is 2.54. The van der Waals surface area contributed by atoms with Gasteiger partial charge in [0.25, 0.3) is 0 Å². The Labute approximate surface area is 128 Å². The number of ether oxygens (including phenoxy) is 1. The van der Waals surface area contributed by atoms with E-state index in [-0.39, 0.29) is 6.10 Å². The molecule has 1 saturated heterocycles. The summed E-state index contributed by atoms with van der Waals surface area (Å²) in [6.07, 6.45) is 0.826. The molecule has 21 heavy (non-hydrogen) atoms. The molecule has 6 nitrogen and oxygen atoms in total. The van der Waals surface area contributed by atoms with Crippen LogP contribution in [0.15, 0.2) is 0 Å². The molecule has 1 aliphatic heterocycles. The largest absolute Gasteiger partial charge is 0.367 e. The molecule has 0 aliphatic carbocycles. The Hall–Kier alpha value is -1.31. The van der Waals surface area contributed by atoms with Crippen molar-refractivity contribution in [2.24, 2.45) is 0 Å². The molecule has 2 aromatic heterocycles. The highest BCUT2D eigenvalue weighted by Crippen LogP contribution is 2.24. The van der Waals surface area contributed by atoms with Gasteiger partial charge in [-0.05, 0) is 13.8 Å². The molecule has 2 aromatic rings. The Morgan fingerprint density at radius 1 is 1.38 bits per heavy atom. The van der Waals surface area contributed by atoms with Crippen molar-refractivity contribution >= 4 is 11.3 Å². The topological polar surface area (TPSA) is 66.9 Å². The first-order valence-corrected chi connectivity index (χ1v) is 8.15. The first kappa shape index (κ1) is 14.6. The molecular weight excluding hydrogens is 286 g/mol. The first-order valence-electron chi connectivity index (χ1n) is 7.33. The third-order valence-electron chi connectivity index (χ3n) is 3.69. The van der Waals surface area contributed by atoms with E-state index >= 15 is 0 Å². The minimum atomic E-state index is -0.0374. The number of rotatable bonds is 4. The zero-order valence-electron chi connectivity index (χ0n) is 12.7. The lowest BCUT2D eigenvalue weighted by Crippen LogP contribution is -2.38. The summed E-state index contributed by atoms with van der Waals surface area (Å²) in [5.41, 5.74) is 1.15. The number of nitrogens with one attached hydrogen (secondary N) is 1. The summed E-state index contributed by atoms with van der Waals surface area (Å²) in [6.45, 7) is 9.63. The molecule has 1 aliphatic rings. The molecule has 0 amide bonds. The molecule has 3 heterocycles. The second kappa shape index (κ2) is 6.21. The highest BCUT2D eigenvalue weighted by molar-refractivity contribution is 7.11. The summed E-state index contributed by atoms with van der Waals surface area (Å²) < 4.78 is 5.83. The SMILES string of the molecule is CCc1nc([C@H]2CN(Cc3sc(C)nc3C)CCO2)n[nH]1. The summed E-state index contributed by atoms with van der Waals surface area (Å²) in [6, 6.07) is 0. The Morgan fingerprint density at radius 3 is 2.90 bits per heavy atom. The normalized spacial score (nSPS) is 20.0. The van der Waals surface area contributed by atoms with Gasteiger partial charge in [0.2, 0.25) is 0 Å². The van der Waals surface area contributed by atoms with Crippen molar-refractivity contribution in [1.29, 1.82) is 0 Å². The van der Waals surface area contributed by atoms with Gasteiger partial charge in [0, 0.05) is 30.9 Å². The van der Waals surface area contributed by atoms with Crippen LogP contribution in [0.2, 0.25) is 0 Å². The quantitative estimate of drug-likeness (QED) is 0.936. The summed E-state index contributed by atoms with van der Waals surface area (Å²) in [7, 11) is 0. The van der Waals surface area contributed by atoms with Crippen molar-refractivity contribution in [3.05, 3.63) is 27.2 Å². The molecule has 0 spiro atoms. The van der Waals surface area contributed by atoms with Crippen molar-refractivity contribution in [3.8, 4) is 0 Å². The van der Waals surface area contributed by atoms with Crippen molar-refractivity contribution in [2.45, 2.75) is 39.8 Å². The second-order valence-electron chi connectivity index (χ2n) is 5.33. The predicted molar refractivity (Wildman–Crippen MR) is 81.3 cm³/mol. The van der Waals surface area contributed by atoms with Gasteiger partial charge in [-0.1, -0.05) is 6.92 Å². The van der Waals surface area contributed by atoms with E-state index in [1.165, 1.54) is 4.88 Å². The summed E-state index contributed by atoms with van der Waals surface area (Å²) >= 11 is 1.78. The molecule has 1 fully saturated rings. The molecule has 0 unspecified atom stereocenters. The van der Waals surface area contributed by atoms with E-state index in [0.29, 0.717) is 0 Å². The second-order valence-corrected chi connectivity index (χ2v) is 6.62. The lowest BCUT2D eigenvalue weighted by Gasteiger charge is -2.31. The number of aromatic nitrogens is 4. The fraction of sp³-hybridized carbons (Fsp3) is 0.643. The number of hydrogen-bond donors (Lipinski definition) is 1. The summed E-state index contributed by atoms with van der Waals surface area (Å²) in [5, 5.41) is 8.37. The molecule has 7 heteroatoms.